The Labute approximate surface area is 96.5 Å². The molecule has 7 heteroatoms. The van der Waals surface area contributed by atoms with Gasteiger partial charge in [-0.15, -0.1) is 0 Å². The van der Waals surface area contributed by atoms with Crippen molar-refractivity contribution in [1.82, 2.24) is 15.5 Å². The first kappa shape index (κ1) is 24.3. The molecule has 6 nitrogen and oxygen atoms in total. The van der Waals surface area contributed by atoms with Gasteiger partial charge >= 0.3 is 0 Å². The summed E-state index contributed by atoms with van der Waals surface area (Å²) in [6.07, 6.45) is 1.07. The zero-order valence-corrected chi connectivity index (χ0v) is 10.4. The van der Waals surface area contributed by atoms with E-state index in [-0.39, 0.29) is 7.43 Å². The van der Waals surface area contributed by atoms with Crippen LogP contribution in [0.3, 0.4) is 0 Å². The first-order chi connectivity index (χ1) is 6.60. The van der Waals surface area contributed by atoms with Crippen LogP contribution in [-0.4, -0.2) is 43.6 Å². The van der Waals surface area contributed by atoms with Crippen molar-refractivity contribution < 1.29 is 13.6 Å². The summed E-state index contributed by atoms with van der Waals surface area (Å²) < 4.78 is 20.5. The molecule has 0 aliphatic rings. The predicted octanol–water partition coefficient (Wildman–Crippen LogP) is 0.0190. The molecule has 0 saturated heterocycles. The van der Waals surface area contributed by atoms with Crippen molar-refractivity contribution in [3.8, 4) is 0 Å². The predicted molar refractivity (Wildman–Crippen MR) is 65.0 cm³/mol. The SMILES string of the molecule is C.CCCONC.CNC.CNS(=O)[O-]. The largest absolute Gasteiger partial charge is 0.760 e. The Bertz CT molecular complexity index is 103. The van der Waals surface area contributed by atoms with Gasteiger partial charge < -0.3 is 14.7 Å². The fraction of sp³-hybridized carbons (Fsp3) is 1.00. The summed E-state index contributed by atoms with van der Waals surface area (Å²) in [6.45, 7) is 2.87. The highest BCUT2D eigenvalue weighted by atomic mass is 32.2. The summed E-state index contributed by atoms with van der Waals surface area (Å²) in [6, 6.07) is 0. The minimum Gasteiger partial charge on any atom is -0.760 e. The Morgan fingerprint density at radius 1 is 1.27 bits per heavy atom. The first-order valence-electron chi connectivity index (χ1n) is 4.24. The van der Waals surface area contributed by atoms with Crippen molar-refractivity contribution in [3.63, 3.8) is 0 Å². The second-order valence-electron chi connectivity index (χ2n) is 1.99. The van der Waals surface area contributed by atoms with Gasteiger partial charge in [0, 0.05) is 18.3 Å². The van der Waals surface area contributed by atoms with E-state index in [1.54, 1.807) is 7.05 Å². The molecule has 3 N–H and O–H groups in total. The van der Waals surface area contributed by atoms with Crippen molar-refractivity contribution in [1.29, 1.82) is 0 Å². The molecule has 1 unspecified atom stereocenters. The second kappa shape index (κ2) is 29.2. The maximum atomic E-state index is 9.26. The lowest BCUT2D eigenvalue weighted by atomic mass is 10.5. The Morgan fingerprint density at radius 2 is 1.60 bits per heavy atom. The summed E-state index contributed by atoms with van der Waals surface area (Å²) in [4.78, 5) is 4.73. The summed E-state index contributed by atoms with van der Waals surface area (Å²) in [7, 11) is 6.85. The van der Waals surface area contributed by atoms with E-state index in [0.29, 0.717) is 0 Å². The molecule has 0 bridgehead atoms. The number of hydrogen-bond donors (Lipinski definition) is 3. The highest BCUT2D eigenvalue weighted by molar-refractivity contribution is 7.77. The molecule has 0 aromatic heterocycles. The van der Waals surface area contributed by atoms with Crippen LogP contribution in [-0.2, 0) is 16.1 Å². The van der Waals surface area contributed by atoms with Crippen LogP contribution in [0.2, 0.25) is 0 Å². The van der Waals surface area contributed by atoms with E-state index in [2.05, 4.69) is 17.7 Å². The molecule has 0 aliphatic carbocycles. The first-order valence-corrected chi connectivity index (χ1v) is 5.31. The second-order valence-corrected chi connectivity index (χ2v) is 2.87. The van der Waals surface area contributed by atoms with Crippen LogP contribution in [0.1, 0.15) is 20.8 Å². The summed E-state index contributed by atoms with van der Waals surface area (Å²) in [5, 5.41) is 2.75. The molecule has 0 aromatic rings. The van der Waals surface area contributed by atoms with E-state index in [9.17, 15) is 8.76 Å². The number of rotatable bonds is 4. The maximum absolute atomic E-state index is 9.26. The molecule has 0 saturated carbocycles. The summed E-state index contributed by atoms with van der Waals surface area (Å²) >= 11 is -2.07. The minimum atomic E-state index is -2.07. The normalized spacial score (nSPS) is 9.73. The van der Waals surface area contributed by atoms with Crippen LogP contribution < -0.4 is 15.5 Å². The zero-order valence-electron chi connectivity index (χ0n) is 9.55. The fourth-order valence-electron chi connectivity index (χ4n) is 0.204. The lowest BCUT2D eigenvalue weighted by molar-refractivity contribution is 0.0585. The average molecular weight is 244 g/mol. The van der Waals surface area contributed by atoms with Gasteiger partial charge in [-0.3, -0.25) is 8.93 Å². The molecule has 0 fully saturated rings. The Hall–Kier alpha value is -0.0500. The molecular weight excluding hydrogens is 218 g/mol. The molecule has 0 amide bonds. The molecule has 0 aromatic carbocycles. The Balaban J connectivity index is -0.0000000617. The van der Waals surface area contributed by atoms with Crippen molar-refractivity contribution >= 4 is 11.3 Å². The standard InChI is InChI=1S/C4H11NO.C2H7N.CH5NO2S.CH4/c1-3-4-6-5-2;1-3-2;1-2-5(3)4;/h5H,3-4H2,1-2H3;3H,1-2H3;2H,1H3,(H,3,4);1H4/p-1. The van der Waals surface area contributed by atoms with Gasteiger partial charge in [0.25, 0.3) is 0 Å². The summed E-state index contributed by atoms with van der Waals surface area (Å²) in [5.74, 6) is 0. The number of hydroxylamine groups is 1. The molecule has 0 aliphatic heterocycles. The smallest absolute Gasteiger partial charge is 0.0679 e. The van der Waals surface area contributed by atoms with Gasteiger partial charge in [-0.25, -0.2) is 5.48 Å². The van der Waals surface area contributed by atoms with Gasteiger partial charge in [0.2, 0.25) is 0 Å². The Kier molecular flexibility index (Phi) is 47.2. The van der Waals surface area contributed by atoms with Crippen LogP contribution >= 0.6 is 0 Å². The van der Waals surface area contributed by atoms with Crippen molar-refractivity contribution in [2.24, 2.45) is 0 Å². The van der Waals surface area contributed by atoms with Crippen molar-refractivity contribution in [2.75, 3.05) is 34.8 Å². The molecule has 98 valence electrons. The van der Waals surface area contributed by atoms with Gasteiger partial charge in [-0.1, -0.05) is 14.4 Å². The highest BCUT2D eigenvalue weighted by Crippen LogP contribution is 1.70. The lowest BCUT2D eigenvalue weighted by Crippen LogP contribution is -2.07. The lowest BCUT2D eigenvalue weighted by Gasteiger charge is -1.95. The quantitative estimate of drug-likeness (QED) is 0.369. The van der Waals surface area contributed by atoms with Gasteiger partial charge in [0.15, 0.2) is 0 Å². The van der Waals surface area contributed by atoms with Crippen LogP contribution in [0.5, 0.6) is 0 Å². The van der Waals surface area contributed by atoms with E-state index in [1.807, 2.05) is 18.8 Å². The monoisotopic (exact) mass is 244 g/mol. The maximum Gasteiger partial charge on any atom is 0.0679 e. The van der Waals surface area contributed by atoms with Crippen LogP contribution in [0, 0.1) is 0 Å². The van der Waals surface area contributed by atoms with E-state index < -0.39 is 11.3 Å². The third kappa shape index (κ3) is 81.3. The third-order valence-corrected chi connectivity index (χ3v) is 0.951. The van der Waals surface area contributed by atoms with Crippen LogP contribution in [0.15, 0.2) is 0 Å². The number of nitrogens with one attached hydrogen (secondary N) is 3. The van der Waals surface area contributed by atoms with E-state index in [1.165, 1.54) is 7.05 Å². The molecule has 15 heavy (non-hydrogen) atoms. The zero-order chi connectivity index (χ0) is 11.8. The van der Waals surface area contributed by atoms with Gasteiger partial charge in [0.05, 0.1) is 6.61 Å². The molecule has 0 radical (unpaired) electrons. The Morgan fingerprint density at radius 3 is 1.67 bits per heavy atom. The van der Waals surface area contributed by atoms with Gasteiger partial charge in [-0.2, -0.15) is 0 Å². The summed E-state index contributed by atoms with van der Waals surface area (Å²) in [5.41, 5.74) is 2.57. The van der Waals surface area contributed by atoms with Gasteiger partial charge in [-0.05, 0) is 27.6 Å². The fourth-order valence-corrected chi connectivity index (χ4v) is 0.204. The van der Waals surface area contributed by atoms with Crippen LogP contribution in [0.25, 0.3) is 0 Å². The third-order valence-electron chi connectivity index (χ3n) is 0.617. The molecule has 1 atom stereocenters. The van der Waals surface area contributed by atoms with Crippen molar-refractivity contribution in [3.05, 3.63) is 0 Å². The number of hydrogen-bond acceptors (Lipinski definition) is 5. The molecule has 0 rings (SSSR count). The molecular formula is C8H26N3O3S-. The van der Waals surface area contributed by atoms with Crippen molar-refractivity contribution in [2.45, 2.75) is 20.8 Å². The molecule has 0 spiro atoms. The topological polar surface area (TPSA) is 85.5 Å². The molecule has 0 heterocycles. The van der Waals surface area contributed by atoms with E-state index in [0.717, 1.165) is 13.0 Å². The van der Waals surface area contributed by atoms with Gasteiger partial charge in [0.1, 0.15) is 0 Å². The van der Waals surface area contributed by atoms with Crippen LogP contribution in [0.4, 0.5) is 0 Å². The van der Waals surface area contributed by atoms with E-state index >= 15 is 0 Å². The minimum absolute atomic E-state index is 0. The average Bonchev–Trinajstić information content (AvgIpc) is 2.17. The van der Waals surface area contributed by atoms with E-state index in [4.69, 9.17) is 4.84 Å². The highest BCUT2D eigenvalue weighted by Gasteiger charge is 1.71.